The first kappa shape index (κ1) is 15.6. The molecule has 0 atom stereocenters. The number of hydrogen-bond donors (Lipinski definition) is 1. The quantitative estimate of drug-likeness (QED) is 0.827. The summed E-state index contributed by atoms with van der Waals surface area (Å²) < 4.78 is 0. The highest BCUT2D eigenvalue weighted by Crippen LogP contribution is 2.34. The van der Waals surface area contributed by atoms with Crippen LogP contribution >= 0.6 is 11.6 Å². The average molecular weight is 324 g/mol. The summed E-state index contributed by atoms with van der Waals surface area (Å²) in [4.78, 5) is 11.9. The molecule has 0 aliphatic heterocycles. The Hall–Kier alpha value is -2.32. The van der Waals surface area contributed by atoms with Gasteiger partial charge in [-0.3, -0.25) is 4.79 Å². The number of allylic oxidation sites excluding steroid dienone is 2. The SMILES string of the molecule is O=C(C=CC1=C(Cl)c2ccccc2CC1)NCc1ccccc1. The number of hydrogen-bond acceptors (Lipinski definition) is 1. The van der Waals surface area contributed by atoms with E-state index in [0.29, 0.717) is 6.54 Å². The number of rotatable bonds is 4. The largest absolute Gasteiger partial charge is 0.348 e. The van der Waals surface area contributed by atoms with Crippen molar-refractivity contribution in [3.8, 4) is 0 Å². The van der Waals surface area contributed by atoms with Gasteiger partial charge in [-0.2, -0.15) is 0 Å². The van der Waals surface area contributed by atoms with Gasteiger partial charge in [0.15, 0.2) is 0 Å². The van der Waals surface area contributed by atoms with Crippen LogP contribution in [0, 0.1) is 0 Å². The zero-order valence-electron chi connectivity index (χ0n) is 12.8. The number of nitrogens with one attached hydrogen (secondary N) is 1. The van der Waals surface area contributed by atoms with Crippen molar-refractivity contribution in [3.63, 3.8) is 0 Å². The van der Waals surface area contributed by atoms with Crippen LogP contribution in [0.5, 0.6) is 0 Å². The Morgan fingerprint density at radius 3 is 2.61 bits per heavy atom. The Bertz CT molecular complexity index is 762. The molecule has 23 heavy (non-hydrogen) atoms. The summed E-state index contributed by atoms with van der Waals surface area (Å²) >= 11 is 6.47. The molecule has 0 saturated heterocycles. The molecule has 0 unspecified atom stereocenters. The minimum absolute atomic E-state index is 0.107. The summed E-state index contributed by atoms with van der Waals surface area (Å²) in [7, 11) is 0. The molecule has 0 heterocycles. The lowest BCUT2D eigenvalue weighted by Crippen LogP contribution is -2.20. The summed E-state index contributed by atoms with van der Waals surface area (Å²) in [6, 6.07) is 18.0. The lowest BCUT2D eigenvalue weighted by molar-refractivity contribution is -0.116. The number of carbonyl (C=O) groups excluding carboxylic acids is 1. The van der Waals surface area contributed by atoms with Crippen LogP contribution in [0.1, 0.15) is 23.1 Å². The van der Waals surface area contributed by atoms with Gasteiger partial charge >= 0.3 is 0 Å². The molecule has 2 aromatic carbocycles. The molecule has 0 aromatic heterocycles. The number of halogens is 1. The van der Waals surface area contributed by atoms with Gasteiger partial charge in [0.1, 0.15) is 0 Å². The molecule has 1 aliphatic rings. The molecule has 0 radical (unpaired) electrons. The monoisotopic (exact) mass is 323 g/mol. The molecule has 1 aliphatic carbocycles. The Morgan fingerprint density at radius 1 is 1.04 bits per heavy atom. The van der Waals surface area contributed by atoms with Gasteiger partial charge in [-0.15, -0.1) is 0 Å². The molecule has 3 rings (SSSR count). The minimum atomic E-state index is -0.107. The fourth-order valence-corrected chi connectivity index (χ4v) is 3.02. The third-order valence-corrected chi connectivity index (χ3v) is 4.39. The molecule has 0 spiro atoms. The summed E-state index contributed by atoms with van der Waals surface area (Å²) in [5, 5.41) is 3.63. The molecular weight excluding hydrogens is 306 g/mol. The Balaban J connectivity index is 1.65. The standard InChI is InChI=1S/C20H18ClNO/c21-20-17(11-10-16-8-4-5-9-18(16)20)12-13-19(23)22-14-15-6-2-1-3-7-15/h1-9,12-13H,10-11,14H2,(H,22,23). The maximum Gasteiger partial charge on any atom is 0.244 e. The Morgan fingerprint density at radius 2 is 1.78 bits per heavy atom. The van der Waals surface area contributed by atoms with Crippen molar-refractivity contribution in [2.45, 2.75) is 19.4 Å². The van der Waals surface area contributed by atoms with Crippen molar-refractivity contribution in [2.75, 3.05) is 0 Å². The second kappa shape index (κ2) is 7.30. The zero-order valence-corrected chi connectivity index (χ0v) is 13.5. The fraction of sp³-hybridized carbons (Fsp3) is 0.150. The van der Waals surface area contributed by atoms with Crippen molar-refractivity contribution in [1.29, 1.82) is 0 Å². The number of fused-ring (bicyclic) bond motifs is 1. The van der Waals surface area contributed by atoms with E-state index >= 15 is 0 Å². The van der Waals surface area contributed by atoms with Crippen LogP contribution in [-0.2, 0) is 17.8 Å². The van der Waals surface area contributed by atoms with Crippen LogP contribution in [0.25, 0.3) is 5.03 Å². The Kier molecular flexibility index (Phi) is 4.94. The fourth-order valence-electron chi connectivity index (χ4n) is 2.68. The van der Waals surface area contributed by atoms with Gasteiger partial charge in [0.25, 0.3) is 0 Å². The minimum Gasteiger partial charge on any atom is -0.348 e. The first-order chi connectivity index (χ1) is 11.2. The number of amides is 1. The van der Waals surface area contributed by atoms with Gasteiger partial charge in [-0.05, 0) is 35.1 Å². The maximum absolute atomic E-state index is 11.9. The highest BCUT2D eigenvalue weighted by atomic mass is 35.5. The van der Waals surface area contributed by atoms with Crippen LogP contribution in [0.2, 0.25) is 0 Å². The first-order valence-electron chi connectivity index (χ1n) is 7.71. The number of benzene rings is 2. The molecule has 3 heteroatoms. The van der Waals surface area contributed by atoms with Crippen LogP contribution in [-0.4, -0.2) is 5.91 Å². The average Bonchev–Trinajstić information content (AvgIpc) is 2.60. The molecule has 0 bridgehead atoms. The molecule has 0 fully saturated rings. The van der Waals surface area contributed by atoms with Crippen LogP contribution in [0.3, 0.4) is 0 Å². The third kappa shape index (κ3) is 3.91. The van der Waals surface area contributed by atoms with Crippen molar-refractivity contribution >= 4 is 22.5 Å². The van der Waals surface area contributed by atoms with Crippen LogP contribution in [0.4, 0.5) is 0 Å². The zero-order chi connectivity index (χ0) is 16.1. The van der Waals surface area contributed by atoms with Crippen molar-refractivity contribution < 1.29 is 4.79 Å². The summed E-state index contributed by atoms with van der Waals surface area (Å²) in [5.41, 5.74) is 4.44. The van der Waals surface area contributed by atoms with Gasteiger partial charge in [0.2, 0.25) is 5.91 Å². The molecular formula is C20H18ClNO. The van der Waals surface area contributed by atoms with Gasteiger partial charge in [0.05, 0.1) is 5.03 Å². The van der Waals surface area contributed by atoms with E-state index in [2.05, 4.69) is 11.4 Å². The summed E-state index contributed by atoms with van der Waals surface area (Å²) in [6.07, 6.45) is 5.21. The van der Waals surface area contributed by atoms with Crippen LogP contribution in [0.15, 0.2) is 72.3 Å². The molecule has 2 aromatic rings. The smallest absolute Gasteiger partial charge is 0.244 e. The van der Waals surface area contributed by atoms with Gasteiger partial charge < -0.3 is 5.32 Å². The first-order valence-corrected chi connectivity index (χ1v) is 8.08. The molecule has 0 saturated carbocycles. The van der Waals surface area contributed by atoms with E-state index in [1.165, 1.54) is 5.56 Å². The lowest BCUT2D eigenvalue weighted by Gasteiger charge is -2.17. The van der Waals surface area contributed by atoms with E-state index in [1.807, 2.05) is 54.6 Å². The van der Waals surface area contributed by atoms with E-state index in [-0.39, 0.29) is 5.91 Å². The third-order valence-electron chi connectivity index (χ3n) is 3.94. The molecule has 1 amide bonds. The predicted molar refractivity (Wildman–Crippen MR) is 95.0 cm³/mol. The van der Waals surface area contributed by atoms with Gasteiger partial charge in [0, 0.05) is 12.6 Å². The molecule has 116 valence electrons. The number of carbonyl (C=O) groups is 1. The normalized spacial score (nSPS) is 14.0. The van der Waals surface area contributed by atoms with E-state index in [0.717, 1.165) is 34.6 Å². The van der Waals surface area contributed by atoms with Crippen molar-refractivity contribution in [2.24, 2.45) is 0 Å². The van der Waals surface area contributed by atoms with Crippen LogP contribution < -0.4 is 5.32 Å². The lowest BCUT2D eigenvalue weighted by atomic mass is 9.92. The van der Waals surface area contributed by atoms with E-state index in [1.54, 1.807) is 6.08 Å². The topological polar surface area (TPSA) is 29.1 Å². The second-order valence-electron chi connectivity index (χ2n) is 5.53. The second-order valence-corrected chi connectivity index (χ2v) is 5.91. The van der Waals surface area contributed by atoms with E-state index in [9.17, 15) is 4.79 Å². The summed E-state index contributed by atoms with van der Waals surface area (Å²) in [5.74, 6) is -0.107. The summed E-state index contributed by atoms with van der Waals surface area (Å²) in [6.45, 7) is 0.527. The van der Waals surface area contributed by atoms with Crippen molar-refractivity contribution in [1.82, 2.24) is 5.32 Å². The highest BCUT2D eigenvalue weighted by molar-refractivity contribution is 6.49. The maximum atomic E-state index is 11.9. The van der Waals surface area contributed by atoms with E-state index < -0.39 is 0 Å². The van der Waals surface area contributed by atoms with Gasteiger partial charge in [-0.1, -0.05) is 72.3 Å². The number of aryl methyl sites for hydroxylation is 1. The predicted octanol–water partition coefficient (Wildman–Crippen LogP) is 4.46. The van der Waals surface area contributed by atoms with Crippen molar-refractivity contribution in [3.05, 3.63) is 89.0 Å². The van der Waals surface area contributed by atoms with E-state index in [4.69, 9.17) is 11.6 Å². The molecule has 2 nitrogen and oxygen atoms in total. The van der Waals surface area contributed by atoms with Gasteiger partial charge in [-0.25, -0.2) is 0 Å². The Labute approximate surface area is 141 Å². The highest BCUT2D eigenvalue weighted by Gasteiger charge is 2.15. The molecule has 1 N–H and O–H groups in total.